The molecule has 0 aromatic heterocycles. The minimum absolute atomic E-state index is 0.0151. The molecule has 4 heteroatoms. The van der Waals surface area contributed by atoms with Crippen molar-refractivity contribution in [1.29, 1.82) is 0 Å². The van der Waals surface area contributed by atoms with Gasteiger partial charge in [-0.1, -0.05) is 52.9 Å². The van der Waals surface area contributed by atoms with E-state index in [0.717, 1.165) is 5.56 Å². The predicted octanol–water partition coefficient (Wildman–Crippen LogP) is 1.75. The lowest BCUT2D eigenvalue weighted by Crippen LogP contribution is -2.32. The van der Waals surface area contributed by atoms with Crippen LogP contribution >= 0.6 is 22.6 Å². The Morgan fingerprint density at radius 2 is 2.13 bits per heavy atom. The van der Waals surface area contributed by atoms with Crippen LogP contribution in [0.5, 0.6) is 0 Å². The first-order valence-electron chi connectivity index (χ1n) is 4.68. The summed E-state index contributed by atoms with van der Waals surface area (Å²) >= 11 is 2.07. The van der Waals surface area contributed by atoms with E-state index in [9.17, 15) is 4.79 Å². The monoisotopic (exact) mass is 319 g/mol. The van der Waals surface area contributed by atoms with E-state index in [0.29, 0.717) is 13.2 Å². The molecule has 15 heavy (non-hydrogen) atoms. The molecule has 0 aliphatic rings. The highest BCUT2D eigenvalue weighted by Crippen LogP contribution is 2.02. The minimum atomic E-state index is -0.128. The van der Waals surface area contributed by atoms with Crippen LogP contribution in [0, 0.1) is 0 Å². The number of nitrogens with one attached hydrogen (secondary N) is 1. The van der Waals surface area contributed by atoms with Gasteiger partial charge in [-0.2, -0.15) is 0 Å². The second kappa shape index (κ2) is 6.79. The van der Waals surface area contributed by atoms with Crippen molar-refractivity contribution in [3.05, 3.63) is 35.9 Å². The van der Waals surface area contributed by atoms with Gasteiger partial charge in [0, 0.05) is 13.7 Å². The van der Waals surface area contributed by atoms with E-state index in [-0.39, 0.29) is 9.83 Å². The van der Waals surface area contributed by atoms with Crippen LogP contribution in [0.3, 0.4) is 0 Å². The van der Waals surface area contributed by atoms with Gasteiger partial charge in [0.25, 0.3) is 0 Å². The molecule has 0 aliphatic carbocycles. The number of alkyl halides is 1. The number of benzene rings is 1. The molecule has 0 bridgehead atoms. The van der Waals surface area contributed by atoms with E-state index >= 15 is 0 Å². The molecule has 0 saturated carbocycles. The van der Waals surface area contributed by atoms with E-state index in [4.69, 9.17) is 4.74 Å². The van der Waals surface area contributed by atoms with Gasteiger partial charge in [-0.15, -0.1) is 0 Å². The molecule has 0 radical (unpaired) electrons. The minimum Gasteiger partial charge on any atom is -0.383 e. The van der Waals surface area contributed by atoms with Crippen LogP contribution < -0.4 is 5.32 Å². The summed E-state index contributed by atoms with van der Waals surface area (Å²) in [6.45, 7) is 1.02. The van der Waals surface area contributed by atoms with E-state index in [1.165, 1.54) is 0 Å². The Kier molecular flexibility index (Phi) is 5.63. The largest absolute Gasteiger partial charge is 0.383 e. The van der Waals surface area contributed by atoms with Crippen LogP contribution in [0.4, 0.5) is 0 Å². The number of halogens is 1. The Hall–Kier alpha value is -0.620. The fraction of sp³-hybridized carbons (Fsp3) is 0.364. The molecule has 0 heterocycles. The van der Waals surface area contributed by atoms with Crippen molar-refractivity contribution in [2.75, 3.05) is 13.7 Å². The topological polar surface area (TPSA) is 38.3 Å². The molecule has 0 fully saturated rings. The molecule has 0 saturated heterocycles. The highest BCUT2D eigenvalue weighted by Gasteiger charge is 2.13. The van der Waals surface area contributed by atoms with Crippen LogP contribution in [0.15, 0.2) is 30.3 Å². The van der Waals surface area contributed by atoms with Crippen molar-refractivity contribution in [3.8, 4) is 0 Å². The van der Waals surface area contributed by atoms with Crippen molar-refractivity contribution in [3.63, 3.8) is 0 Å². The third-order valence-electron chi connectivity index (χ3n) is 1.91. The molecular formula is C11H14INO2. The van der Waals surface area contributed by atoms with E-state index in [1.807, 2.05) is 30.3 Å². The molecule has 0 aliphatic heterocycles. The molecule has 1 aromatic carbocycles. The van der Waals surface area contributed by atoms with Gasteiger partial charge in [0.15, 0.2) is 0 Å². The van der Waals surface area contributed by atoms with E-state index in [1.54, 1.807) is 7.11 Å². The van der Waals surface area contributed by atoms with Crippen LogP contribution in [0.25, 0.3) is 0 Å². The summed E-state index contributed by atoms with van der Waals surface area (Å²) in [7, 11) is 1.59. The molecule has 1 aromatic rings. The summed E-state index contributed by atoms with van der Waals surface area (Å²) in [5.41, 5.74) is 1.10. The lowest BCUT2D eigenvalue weighted by atomic mass is 10.2. The Bertz CT molecular complexity index is 303. The van der Waals surface area contributed by atoms with Gasteiger partial charge in [-0.25, -0.2) is 0 Å². The number of carbonyl (C=O) groups excluding carboxylic acids is 1. The number of amides is 1. The summed E-state index contributed by atoms with van der Waals surface area (Å²) < 4.78 is 4.78. The maximum absolute atomic E-state index is 11.5. The fourth-order valence-corrected chi connectivity index (χ4v) is 1.70. The van der Waals surface area contributed by atoms with Crippen molar-refractivity contribution in [2.24, 2.45) is 0 Å². The Morgan fingerprint density at radius 1 is 1.47 bits per heavy atom. The number of ether oxygens (including phenoxy) is 1. The molecule has 1 N–H and O–H groups in total. The van der Waals surface area contributed by atoms with Gasteiger partial charge in [0.05, 0.1) is 6.61 Å². The molecule has 1 amide bonds. The zero-order chi connectivity index (χ0) is 11.1. The third kappa shape index (κ3) is 4.61. The Balaban J connectivity index is 2.34. The summed E-state index contributed by atoms with van der Waals surface area (Å²) in [5.74, 6) is 0.0151. The normalized spacial score (nSPS) is 12.1. The zero-order valence-corrected chi connectivity index (χ0v) is 10.7. The fourth-order valence-electron chi connectivity index (χ4n) is 1.12. The van der Waals surface area contributed by atoms with Gasteiger partial charge in [0.1, 0.15) is 3.92 Å². The number of methoxy groups -OCH3 is 1. The van der Waals surface area contributed by atoms with Gasteiger partial charge < -0.3 is 10.1 Å². The van der Waals surface area contributed by atoms with E-state index in [2.05, 4.69) is 27.9 Å². The zero-order valence-electron chi connectivity index (χ0n) is 8.57. The molecule has 1 rings (SSSR count). The third-order valence-corrected chi connectivity index (χ3v) is 2.83. The van der Waals surface area contributed by atoms with Crippen molar-refractivity contribution in [2.45, 2.75) is 10.5 Å². The Labute approximate surface area is 103 Å². The number of carbonyl (C=O) groups is 1. The maximum atomic E-state index is 11.5. The summed E-state index contributed by atoms with van der Waals surface area (Å²) in [5, 5.41) is 2.86. The van der Waals surface area contributed by atoms with Gasteiger partial charge in [-0.05, 0) is 5.56 Å². The number of rotatable bonds is 5. The highest BCUT2D eigenvalue weighted by atomic mass is 127. The van der Waals surface area contributed by atoms with E-state index < -0.39 is 0 Å². The molecule has 1 atom stereocenters. The molecular weight excluding hydrogens is 305 g/mol. The lowest BCUT2D eigenvalue weighted by molar-refractivity contribution is -0.121. The first-order valence-corrected chi connectivity index (χ1v) is 5.93. The quantitative estimate of drug-likeness (QED) is 0.663. The van der Waals surface area contributed by atoms with Gasteiger partial charge in [0.2, 0.25) is 5.91 Å². The summed E-state index contributed by atoms with van der Waals surface area (Å²) in [6, 6.07) is 9.84. The number of hydrogen-bond acceptors (Lipinski definition) is 2. The van der Waals surface area contributed by atoms with Crippen LogP contribution in [0.1, 0.15) is 5.56 Å². The first kappa shape index (κ1) is 12.4. The molecule has 3 nitrogen and oxygen atoms in total. The smallest absolute Gasteiger partial charge is 0.235 e. The molecule has 1 unspecified atom stereocenters. The van der Waals surface area contributed by atoms with Crippen molar-refractivity contribution in [1.82, 2.24) is 5.32 Å². The van der Waals surface area contributed by atoms with Gasteiger partial charge >= 0.3 is 0 Å². The maximum Gasteiger partial charge on any atom is 0.235 e. The first-order chi connectivity index (χ1) is 7.24. The summed E-state index contributed by atoms with van der Waals surface area (Å²) in [6.07, 6.45) is 0. The predicted molar refractivity (Wildman–Crippen MR) is 68.0 cm³/mol. The SMILES string of the molecule is COCC(I)C(=O)NCc1ccccc1. The standard InChI is InChI=1S/C11H14INO2/c1-15-8-10(12)11(14)13-7-9-5-3-2-4-6-9/h2-6,10H,7-8H2,1H3,(H,13,14). The molecule has 0 spiro atoms. The van der Waals surface area contributed by atoms with Crippen LogP contribution in [-0.2, 0) is 16.1 Å². The van der Waals surface area contributed by atoms with Crippen molar-refractivity contribution >= 4 is 28.5 Å². The Morgan fingerprint density at radius 3 is 2.73 bits per heavy atom. The van der Waals surface area contributed by atoms with Crippen LogP contribution in [-0.4, -0.2) is 23.5 Å². The average molecular weight is 319 g/mol. The van der Waals surface area contributed by atoms with Crippen LogP contribution in [0.2, 0.25) is 0 Å². The number of hydrogen-bond donors (Lipinski definition) is 1. The average Bonchev–Trinajstić information content (AvgIpc) is 2.27. The van der Waals surface area contributed by atoms with Crippen molar-refractivity contribution < 1.29 is 9.53 Å². The highest BCUT2D eigenvalue weighted by molar-refractivity contribution is 14.1. The summed E-state index contributed by atoms with van der Waals surface area (Å²) in [4.78, 5) is 11.5. The van der Waals surface area contributed by atoms with Gasteiger partial charge in [-0.3, -0.25) is 4.79 Å². The molecule has 82 valence electrons. The second-order valence-electron chi connectivity index (χ2n) is 3.13. The lowest BCUT2D eigenvalue weighted by Gasteiger charge is -2.09. The second-order valence-corrected chi connectivity index (χ2v) is 4.63.